The molecule has 0 N–H and O–H groups in total. The van der Waals surface area contributed by atoms with Gasteiger partial charge in [0.1, 0.15) is 11.6 Å². The molecule has 3 nitrogen and oxygen atoms in total. The van der Waals surface area contributed by atoms with Crippen molar-refractivity contribution in [3.8, 4) is 0 Å². The molecular weight excluding hydrogens is 258 g/mol. The Morgan fingerprint density at radius 3 is 2.29 bits per heavy atom. The van der Waals surface area contributed by atoms with E-state index in [4.69, 9.17) is 5.10 Å². The summed E-state index contributed by atoms with van der Waals surface area (Å²) in [6.07, 6.45) is 16.7. The van der Waals surface area contributed by atoms with Crippen molar-refractivity contribution in [3.63, 3.8) is 0 Å². The maximum atomic E-state index is 4.76. The van der Waals surface area contributed by atoms with E-state index in [-0.39, 0.29) is 0 Å². The first-order valence-electron chi connectivity index (χ1n) is 8.90. The van der Waals surface area contributed by atoms with Gasteiger partial charge in [-0.1, -0.05) is 12.2 Å². The molecule has 1 aliphatic heterocycles. The number of allylic oxidation sites excluding steroid dienone is 2. The molecule has 4 aliphatic carbocycles. The summed E-state index contributed by atoms with van der Waals surface area (Å²) in [5, 5.41) is 9.35. The van der Waals surface area contributed by atoms with Gasteiger partial charge in [0.2, 0.25) is 0 Å². The third-order valence-corrected chi connectivity index (χ3v) is 6.56. The number of nitrogens with zero attached hydrogens (tertiary/aromatic N) is 3. The predicted molar refractivity (Wildman–Crippen MR) is 82.0 cm³/mol. The van der Waals surface area contributed by atoms with Crippen LogP contribution in [0.2, 0.25) is 0 Å². The molecule has 1 aromatic heterocycles. The van der Waals surface area contributed by atoms with Crippen molar-refractivity contribution >= 4 is 0 Å². The molecule has 2 heterocycles. The van der Waals surface area contributed by atoms with E-state index in [2.05, 4.69) is 21.8 Å². The Morgan fingerprint density at radius 1 is 0.905 bits per heavy atom. The molecule has 0 unspecified atom stereocenters. The Bertz CT molecular complexity index is 548. The number of aryl methyl sites for hydroxylation is 1. The van der Waals surface area contributed by atoms with Crippen LogP contribution in [0, 0.1) is 17.8 Å². The van der Waals surface area contributed by atoms with Gasteiger partial charge in [0.15, 0.2) is 0 Å². The summed E-state index contributed by atoms with van der Waals surface area (Å²) in [5.74, 6) is 5.56. The molecule has 6 rings (SSSR count). The van der Waals surface area contributed by atoms with Gasteiger partial charge in [-0.15, -0.1) is 10.2 Å². The zero-order valence-electron chi connectivity index (χ0n) is 12.8. The standard InChI is InChI=1S/C18H25N3/c1-2-4-6-21-16(5-3-1)19-20-17(21)18-10-13-7-14(11-18)9-15(8-13)12-18/h1-2,13-15H,3-12H2/b2-1-. The van der Waals surface area contributed by atoms with Gasteiger partial charge >= 0.3 is 0 Å². The molecule has 4 fully saturated rings. The molecular formula is C18H25N3. The second-order valence-electron chi connectivity index (χ2n) is 8.09. The number of fused-ring (bicyclic) bond motifs is 1. The first-order chi connectivity index (χ1) is 10.3. The van der Waals surface area contributed by atoms with Gasteiger partial charge in [0, 0.05) is 18.4 Å². The van der Waals surface area contributed by atoms with Gasteiger partial charge in [-0.25, -0.2) is 0 Å². The van der Waals surface area contributed by atoms with Crippen LogP contribution in [-0.4, -0.2) is 14.8 Å². The highest BCUT2D eigenvalue weighted by Gasteiger charge is 2.53. The summed E-state index contributed by atoms with van der Waals surface area (Å²) in [6.45, 7) is 1.09. The van der Waals surface area contributed by atoms with Gasteiger partial charge in [-0.3, -0.25) is 0 Å². The Labute approximate surface area is 126 Å². The van der Waals surface area contributed by atoms with Gasteiger partial charge in [-0.2, -0.15) is 0 Å². The molecule has 5 aliphatic rings. The minimum Gasteiger partial charge on any atom is -0.314 e. The zero-order valence-corrected chi connectivity index (χ0v) is 12.8. The number of aromatic nitrogens is 3. The minimum absolute atomic E-state index is 0.392. The highest BCUT2D eigenvalue weighted by Crippen LogP contribution is 2.60. The average Bonchev–Trinajstić information content (AvgIpc) is 2.79. The Hall–Kier alpha value is -1.12. The third-order valence-electron chi connectivity index (χ3n) is 6.56. The highest BCUT2D eigenvalue weighted by atomic mass is 15.3. The summed E-state index contributed by atoms with van der Waals surface area (Å²) in [5.41, 5.74) is 0.392. The maximum absolute atomic E-state index is 4.76. The van der Waals surface area contributed by atoms with Crippen LogP contribution in [0.25, 0.3) is 0 Å². The summed E-state index contributed by atoms with van der Waals surface area (Å²) in [7, 11) is 0. The lowest BCUT2D eigenvalue weighted by atomic mass is 9.49. The highest BCUT2D eigenvalue weighted by molar-refractivity contribution is 5.19. The van der Waals surface area contributed by atoms with E-state index in [1.165, 1.54) is 50.2 Å². The Morgan fingerprint density at radius 2 is 1.57 bits per heavy atom. The van der Waals surface area contributed by atoms with Crippen LogP contribution in [0.5, 0.6) is 0 Å². The van der Waals surface area contributed by atoms with Crippen LogP contribution >= 0.6 is 0 Å². The fourth-order valence-corrected chi connectivity index (χ4v) is 6.18. The smallest absolute Gasteiger partial charge is 0.139 e. The van der Waals surface area contributed by atoms with E-state index in [0.717, 1.165) is 43.6 Å². The molecule has 0 radical (unpaired) electrons. The lowest BCUT2D eigenvalue weighted by Crippen LogP contribution is -2.49. The van der Waals surface area contributed by atoms with E-state index in [9.17, 15) is 0 Å². The second-order valence-corrected chi connectivity index (χ2v) is 8.09. The van der Waals surface area contributed by atoms with E-state index in [1.807, 2.05) is 0 Å². The quantitative estimate of drug-likeness (QED) is 0.737. The molecule has 4 bridgehead atoms. The Balaban J connectivity index is 1.56. The van der Waals surface area contributed by atoms with E-state index in [0.29, 0.717) is 5.41 Å². The zero-order chi connectivity index (χ0) is 13.9. The molecule has 21 heavy (non-hydrogen) atoms. The van der Waals surface area contributed by atoms with Crippen LogP contribution in [0.15, 0.2) is 12.2 Å². The molecule has 4 saturated carbocycles. The van der Waals surface area contributed by atoms with E-state index < -0.39 is 0 Å². The molecule has 3 heteroatoms. The molecule has 0 spiro atoms. The van der Waals surface area contributed by atoms with Crippen molar-refractivity contribution in [2.24, 2.45) is 17.8 Å². The molecule has 0 aromatic carbocycles. The van der Waals surface area contributed by atoms with Crippen LogP contribution in [0.3, 0.4) is 0 Å². The van der Waals surface area contributed by atoms with Gasteiger partial charge in [0.25, 0.3) is 0 Å². The fourth-order valence-electron chi connectivity index (χ4n) is 6.18. The number of hydrogen-bond donors (Lipinski definition) is 0. The van der Waals surface area contributed by atoms with Crippen LogP contribution < -0.4 is 0 Å². The van der Waals surface area contributed by atoms with Crippen molar-refractivity contribution in [2.75, 3.05) is 0 Å². The monoisotopic (exact) mass is 283 g/mol. The first kappa shape index (κ1) is 12.4. The summed E-state index contributed by atoms with van der Waals surface area (Å²) < 4.78 is 2.51. The van der Waals surface area contributed by atoms with Crippen LogP contribution in [0.1, 0.15) is 63.0 Å². The predicted octanol–water partition coefficient (Wildman–Crippen LogP) is 3.64. The Kier molecular flexibility index (Phi) is 2.63. The molecule has 0 saturated heterocycles. The van der Waals surface area contributed by atoms with Crippen LogP contribution in [0.4, 0.5) is 0 Å². The molecule has 1 aromatic rings. The maximum Gasteiger partial charge on any atom is 0.139 e. The van der Waals surface area contributed by atoms with E-state index >= 15 is 0 Å². The van der Waals surface area contributed by atoms with Crippen molar-refractivity contribution < 1.29 is 0 Å². The van der Waals surface area contributed by atoms with Crippen molar-refractivity contribution in [1.82, 2.24) is 14.8 Å². The number of rotatable bonds is 1. The summed E-state index contributed by atoms with van der Waals surface area (Å²) in [4.78, 5) is 0. The molecule has 0 atom stereocenters. The van der Waals surface area contributed by atoms with Crippen LogP contribution in [-0.2, 0) is 18.4 Å². The molecule has 0 amide bonds. The lowest BCUT2D eigenvalue weighted by Gasteiger charge is -2.56. The summed E-state index contributed by atoms with van der Waals surface area (Å²) in [6, 6.07) is 0. The second kappa shape index (κ2) is 4.44. The fraction of sp³-hybridized carbons (Fsp3) is 0.778. The normalized spacial score (nSPS) is 42.4. The van der Waals surface area contributed by atoms with Crippen molar-refractivity contribution in [1.29, 1.82) is 0 Å². The summed E-state index contributed by atoms with van der Waals surface area (Å²) >= 11 is 0. The largest absolute Gasteiger partial charge is 0.314 e. The lowest BCUT2D eigenvalue weighted by molar-refractivity contribution is -0.0112. The average molecular weight is 283 g/mol. The topological polar surface area (TPSA) is 30.7 Å². The molecule has 112 valence electrons. The van der Waals surface area contributed by atoms with E-state index in [1.54, 1.807) is 0 Å². The number of hydrogen-bond acceptors (Lipinski definition) is 2. The minimum atomic E-state index is 0.392. The third kappa shape index (κ3) is 1.85. The van der Waals surface area contributed by atoms with Gasteiger partial charge in [0.05, 0.1) is 0 Å². The van der Waals surface area contributed by atoms with Gasteiger partial charge in [-0.05, 0) is 69.1 Å². The first-order valence-corrected chi connectivity index (χ1v) is 8.90. The van der Waals surface area contributed by atoms with Gasteiger partial charge < -0.3 is 4.57 Å². The van der Waals surface area contributed by atoms with Crippen molar-refractivity contribution in [3.05, 3.63) is 23.8 Å². The SMILES string of the molecule is C1=C\CCn2c(nnc2C23CC4CC(CC(C4)C2)C3)CC/1. The van der Waals surface area contributed by atoms with Crippen molar-refractivity contribution in [2.45, 2.75) is 69.7 Å².